The van der Waals surface area contributed by atoms with E-state index in [-0.39, 0.29) is 17.1 Å². The summed E-state index contributed by atoms with van der Waals surface area (Å²) in [7, 11) is -2.21. The van der Waals surface area contributed by atoms with Crippen LogP contribution in [-0.2, 0) is 26.6 Å². The number of carbonyl (C=O) groups is 2. The molecule has 0 spiro atoms. The molecule has 0 saturated heterocycles. The lowest BCUT2D eigenvalue weighted by Crippen LogP contribution is -2.35. The minimum atomic E-state index is -3.73. The van der Waals surface area contributed by atoms with Crippen LogP contribution in [0.2, 0.25) is 0 Å². The van der Waals surface area contributed by atoms with E-state index in [1.807, 2.05) is 6.07 Å². The summed E-state index contributed by atoms with van der Waals surface area (Å²) in [6, 6.07) is 11.7. The van der Waals surface area contributed by atoms with Crippen LogP contribution in [0.1, 0.15) is 24.3 Å². The number of rotatable bonds is 9. The molecule has 0 aliphatic carbocycles. The predicted molar refractivity (Wildman–Crippen MR) is 110 cm³/mol. The number of esters is 1. The number of para-hydroxylation sites is 1. The number of hydrogen-bond donors (Lipinski definition) is 0. The van der Waals surface area contributed by atoms with Crippen molar-refractivity contribution in [3.8, 4) is 6.07 Å². The van der Waals surface area contributed by atoms with E-state index in [2.05, 4.69) is 0 Å². The summed E-state index contributed by atoms with van der Waals surface area (Å²) in [4.78, 5) is 26.1. The number of aromatic nitrogens is 1. The summed E-state index contributed by atoms with van der Waals surface area (Å²) in [5, 5.41) is 8.99. The molecule has 0 radical (unpaired) electrons. The molecule has 10 heteroatoms. The van der Waals surface area contributed by atoms with Crippen molar-refractivity contribution in [3.05, 3.63) is 48.3 Å². The molecule has 0 saturated carbocycles. The molecule has 30 heavy (non-hydrogen) atoms. The second-order valence-corrected chi connectivity index (χ2v) is 8.25. The molecule has 1 aromatic heterocycles. The Kier molecular flexibility index (Phi) is 7.74. The highest BCUT2D eigenvalue weighted by Gasteiger charge is 2.26. The van der Waals surface area contributed by atoms with E-state index in [1.54, 1.807) is 44.2 Å². The molecule has 2 rings (SSSR count). The predicted octanol–water partition coefficient (Wildman–Crippen LogP) is 1.77. The van der Waals surface area contributed by atoms with Gasteiger partial charge >= 0.3 is 5.97 Å². The first-order valence-corrected chi connectivity index (χ1v) is 10.8. The Hall–Kier alpha value is -3.16. The maximum Gasteiger partial charge on any atom is 0.355 e. The highest BCUT2D eigenvalue weighted by atomic mass is 32.2. The average molecular weight is 433 g/mol. The third kappa shape index (κ3) is 5.06. The zero-order valence-corrected chi connectivity index (χ0v) is 17.9. The van der Waals surface area contributed by atoms with Gasteiger partial charge in [-0.05, 0) is 18.2 Å². The maximum atomic E-state index is 12.6. The smallest absolute Gasteiger partial charge is 0.355 e. The summed E-state index contributed by atoms with van der Waals surface area (Å²) < 4.78 is 33.0. The molecule has 160 valence electrons. The van der Waals surface area contributed by atoms with E-state index in [9.17, 15) is 18.0 Å². The normalized spacial score (nSPS) is 11.2. The van der Waals surface area contributed by atoms with E-state index in [0.29, 0.717) is 18.8 Å². The van der Waals surface area contributed by atoms with Crippen molar-refractivity contribution in [3.63, 3.8) is 0 Å². The van der Waals surface area contributed by atoms with Gasteiger partial charge in [0.15, 0.2) is 6.61 Å². The molecule has 0 N–H and O–H groups in total. The first kappa shape index (κ1) is 23.1. The summed E-state index contributed by atoms with van der Waals surface area (Å²) in [6.45, 7) is 3.27. The van der Waals surface area contributed by atoms with Gasteiger partial charge in [-0.25, -0.2) is 13.2 Å². The largest absolute Gasteiger partial charge is 0.451 e. The van der Waals surface area contributed by atoms with E-state index in [0.717, 1.165) is 0 Å². The first-order chi connectivity index (χ1) is 14.3. The van der Waals surface area contributed by atoms with Gasteiger partial charge in [-0.15, -0.1) is 0 Å². The average Bonchev–Trinajstić information content (AvgIpc) is 3.14. The van der Waals surface area contributed by atoms with Gasteiger partial charge in [0, 0.05) is 32.0 Å². The lowest BCUT2D eigenvalue weighted by molar-refractivity contribution is -0.121. The Morgan fingerprint density at radius 1 is 1.17 bits per heavy atom. The minimum Gasteiger partial charge on any atom is -0.451 e. The third-order valence-electron chi connectivity index (χ3n) is 4.46. The number of hydrogen-bond acceptors (Lipinski definition) is 6. The number of sulfonamides is 1. The summed E-state index contributed by atoms with van der Waals surface area (Å²) >= 11 is 0. The summed E-state index contributed by atoms with van der Waals surface area (Å²) in [6.07, 6.45) is 1.33. The quantitative estimate of drug-likeness (QED) is 0.441. The van der Waals surface area contributed by atoms with Gasteiger partial charge in [0.25, 0.3) is 5.91 Å². The van der Waals surface area contributed by atoms with Crippen molar-refractivity contribution in [1.82, 2.24) is 8.87 Å². The number of nitrogens with zero attached hydrogens (tertiary/aromatic N) is 4. The zero-order valence-electron chi connectivity index (χ0n) is 17.1. The molecule has 0 fully saturated rings. The van der Waals surface area contributed by atoms with Crippen molar-refractivity contribution < 1.29 is 22.7 Å². The van der Waals surface area contributed by atoms with E-state index in [4.69, 9.17) is 10.00 Å². The SMILES string of the molecule is CCN(CC)S(=O)(=O)c1cc(C(=O)OCC(=O)N(CC#N)c2ccccc2)n(C)c1. The second-order valence-electron chi connectivity index (χ2n) is 6.31. The van der Waals surface area contributed by atoms with Crippen LogP contribution in [0.25, 0.3) is 0 Å². The van der Waals surface area contributed by atoms with Crippen molar-refractivity contribution in [1.29, 1.82) is 5.26 Å². The molecule has 0 atom stereocenters. The van der Waals surface area contributed by atoms with Crippen LogP contribution in [0, 0.1) is 11.3 Å². The van der Waals surface area contributed by atoms with E-state index >= 15 is 0 Å². The van der Waals surface area contributed by atoms with Crippen molar-refractivity contribution in [2.45, 2.75) is 18.7 Å². The Bertz CT molecular complexity index is 1040. The number of carbonyl (C=O) groups excluding carboxylic acids is 2. The fourth-order valence-electron chi connectivity index (χ4n) is 2.87. The molecule has 0 bridgehead atoms. The van der Waals surface area contributed by atoms with Crippen LogP contribution in [0.5, 0.6) is 0 Å². The van der Waals surface area contributed by atoms with Crippen LogP contribution in [-0.4, -0.2) is 55.4 Å². The Balaban J connectivity index is 2.14. The van der Waals surface area contributed by atoms with Gasteiger partial charge in [0.2, 0.25) is 10.0 Å². The second kappa shape index (κ2) is 10.0. The number of anilines is 1. The van der Waals surface area contributed by atoms with Crippen molar-refractivity contribution in [2.75, 3.05) is 31.1 Å². The third-order valence-corrected chi connectivity index (χ3v) is 6.47. The monoisotopic (exact) mass is 432 g/mol. The fourth-order valence-corrected chi connectivity index (χ4v) is 4.40. The van der Waals surface area contributed by atoms with E-state index in [1.165, 1.54) is 33.1 Å². The standard InChI is InChI=1S/C20H24N4O5S/c1-4-23(5-2)30(27,28)17-13-18(22(3)14-17)20(26)29-15-19(25)24(12-11-21)16-9-7-6-8-10-16/h6-10,13-14H,4-5,12,15H2,1-3H3. The van der Waals surface area contributed by atoms with Crippen LogP contribution < -0.4 is 4.90 Å². The van der Waals surface area contributed by atoms with Crippen molar-refractivity contribution >= 4 is 27.6 Å². The molecular formula is C20H24N4O5S. The van der Waals surface area contributed by atoms with Crippen LogP contribution in [0.4, 0.5) is 5.69 Å². The lowest BCUT2D eigenvalue weighted by Gasteiger charge is -2.19. The molecule has 9 nitrogen and oxygen atoms in total. The molecule has 1 aromatic carbocycles. The topological polar surface area (TPSA) is 113 Å². The number of nitriles is 1. The zero-order chi connectivity index (χ0) is 22.3. The van der Waals surface area contributed by atoms with Gasteiger partial charge in [0.1, 0.15) is 17.1 Å². The Morgan fingerprint density at radius 3 is 2.37 bits per heavy atom. The highest BCUT2D eigenvalue weighted by Crippen LogP contribution is 2.19. The van der Waals surface area contributed by atoms with Crippen LogP contribution in [0.3, 0.4) is 0 Å². The first-order valence-electron chi connectivity index (χ1n) is 9.32. The van der Waals surface area contributed by atoms with Gasteiger partial charge in [0.05, 0.1) is 6.07 Å². The van der Waals surface area contributed by atoms with Crippen LogP contribution >= 0.6 is 0 Å². The maximum absolute atomic E-state index is 12.6. The van der Waals surface area contributed by atoms with Crippen LogP contribution in [0.15, 0.2) is 47.5 Å². The molecule has 0 unspecified atom stereocenters. The lowest BCUT2D eigenvalue weighted by atomic mass is 10.3. The number of benzene rings is 1. The number of aryl methyl sites for hydroxylation is 1. The summed E-state index contributed by atoms with van der Waals surface area (Å²) in [5.41, 5.74) is 0.506. The Morgan fingerprint density at radius 2 is 1.80 bits per heavy atom. The van der Waals surface area contributed by atoms with Gasteiger partial charge < -0.3 is 9.30 Å². The highest BCUT2D eigenvalue weighted by molar-refractivity contribution is 7.89. The number of ether oxygens (including phenoxy) is 1. The van der Waals surface area contributed by atoms with Crippen molar-refractivity contribution in [2.24, 2.45) is 7.05 Å². The molecular weight excluding hydrogens is 408 g/mol. The summed E-state index contributed by atoms with van der Waals surface area (Å²) in [5.74, 6) is -1.40. The number of amides is 1. The minimum absolute atomic E-state index is 0.0000698. The molecule has 1 amide bonds. The molecule has 0 aliphatic heterocycles. The van der Waals surface area contributed by atoms with E-state index < -0.39 is 28.5 Å². The fraction of sp³-hybridized carbons (Fsp3) is 0.350. The molecule has 0 aliphatic rings. The Labute approximate surface area is 176 Å². The van der Waals surface area contributed by atoms with Gasteiger partial charge in [-0.3, -0.25) is 9.69 Å². The van der Waals surface area contributed by atoms with Gasteiger partial charge in [-0.1, -0.05) is 32.0 Å². The van der Waals surface area contributed by atoms with Gasteiger partial charge in [-0.2, -0.15) is 9.57 Å². The molecule has 2 aromatic rings. The molecule has 1 heterocycles.